The molecule has 0 aliphatic carbocycles. The molecule has 4 nitrogen and oxygen atoms in total. The van der Waals surface area contributed by atoms with E-state index >= 15 is 0 Å². The molecule has 0 unspecified atom stereocenters. The Morgan fingerprint density at radius 2 is 2.08 bits per heavy atom. The van der Waals surface area contributed by atoms with Crippen molar-refractivity contribution in [1.29, 1.82) is 5.26 Å². The Labute approximate surface area is 153 Å². The van der Waals surface area contributed by atoms with Crippen LogP contribution in [-0.2, 0) is 11.2 Å². The molecule has 1 aromatic carbocycles. The molecule has 0 radical (unpaired) electrons. The SMILES string of the molecule is CCCc1ccc(C#N)c(SCCC(=O)Nc2ccc(C)cc2C)n1. The molecule has 0 aliphatic rings. The minimum Gasteiger partial charge on any atom is -0.326 e. The lowest BCUT2D eigenvalue weighted by atomic mass is 10.1. The van der Waals surface area contributed by atoms with Gasteiger partial charge in [-0.2, -0.15) is 5.26 Å². The highest BCUT2D eigenvalue weighted by Gasteiger charge is 2.09. The summed E-state index contributed by atoms with van der Waals surface area (Å²) < 4.78 is 0. The standard InChI is InChI=1S/C20H23N3OS/c1-4-5-17-8-7-16(13-21)20(22-17)25-11-10-19(24)23-18-9-6-14(2)12-15(18)3/h6-9,12H,4-5,10-11H2,1-3H3,(H,23,24). The first-order valence-corrected chi connectivity index (χ1v) is 9.42. The summed E-state index contributed by atoms with van der Waals surface area (Å²) in [5.74, 6) is 0.566. The van der Waals surface area contributed by atoms with Gasteiger partial charge in [-0.1, -0.05) is 31.0 Å². The number of anilines is 1. The van der Waals surface area contributed by atoms with Gasteiger partial charge in [-0.25, -0.2) is 4.98 Å². The van der Waals surface area contributed by atoms with Crippen LogP contribution in [0, 0.1) is 25.2 Å². The third kappa shape index (κ3) is 5.61. The number of hydrogen-bond acceptors (Lipinski definition) is 4. The van der Waals surface area contributed by atoms with Gasteiger partial charge in [-0.05, 0) is 44.0 Å². The summed E-state index contributed by atoms with van der Waals surface area (Å²) >= 11 is 1.46. The van der Waals surface area contributed by atoms with Crippen LogP contribution < -0.4 is 5.32 Å². The molecule has 1 N–H and O–H groups in total. The first-order chi connectivity index (χ1) is 12.0. The molecule has 1 heterocycles. The zero-order valence-corrected chi connectivity index (χ0v) is 15.7. The maximum Gasteiger partial charge on any atom is 0.225 e. The molecule has 0 saturated carbocycles. The number of aryl methyl sites for hydroxylation is 3. The second-order valence-electron chi connectivity index (χ2n) is 5.98. The van der Waals surface area contributed by atoms with Gasteiger partial charge in [0, 0.05) is 23.6 Å². The molecule has 2 rings (SSSR count). The maximum absolute atomic E-state index is 12.2. The molecule has 0 aliphatic heterocycles. The Morgan fingerprint density at radius 1 is 1.28 bits per heavy atom. The normalized spacial score (nSPS) is 10.3. The van der Waals surface area contributed by atoms with Crippen LogP contribution in [0.25, 0.3) is 0 Å². The van der Waals surface area contributed by atoms with Crippen molar-refractivity contribution in [3.05, 3.63) is 52.7 Å². The van der Waals surface area contributed by atoms with Crippen LogP contribution in [0.3, 0.4) is 0 Å². The van der Waals surface area contributed by atoms with E-state index in [1.165, 1.54) is 17.3 Å². The first-order valence-electron chi connectivity index (χ1n) is 8.43. The molecule has 1 amide bonds. The van der Waals surface area contributed by atoms with E-state index in [2.05, 4.69) is 23.3 Å². The number of nitrogens with zero attached hydrogens (tertiary/aromatic N) is 2. The van der Waals surface area contributed by atoms with Gasteiger partial charge in [0.25, 0.3) is 0 Å². The number of hydrogen-bond donors (Lipinski definition) is 1. The number of rotatable bonds is 7. The molecular weight excluding hydrogens is 330 g/mol. The summed E-state index contributed by atoms with van der Waals surface area (Å²) in [7, 11) is 0. The van der Waals surface area contributed by atoms with Crippen molar-refractivity contribution in [3.63, 3.8) is 0 Å². The number of thioether (sulfide) groups is 1. The van der Waals surface area contributed by atoms with Gasteiger partial charge in [-0.3, -0.25) is 4.79 Å². The van der Waals surface area contributed by atoms with E-state index in [-0.39, 0.29) is 5.91 Å². The number of carbonyl (C=O) groups is 1. The van der Waals surface area contributed by atoms with Gasteiger partial charge in [0.15, 0.2) is 0 Å². The van der Waals surface area contributed by atoms with E-state index < -0.39 is 0 Å². The Bertz CT molecular complexity index is 796. The predicted octanol–water partition coefficient (Wildman–Crippen LogP) is 4.64. The highest BCUT2D eigenvalue weighted by Crippen LogP contribution is 2.22. The Morgan fingerprint density at radius 3 is 2.76 bits per heavy atom. The first kappa shape index (κ1) is 19.0. The number of aromatic nitrogens is 1. The minimum atomic E-state index is -0.0253. The molecule has 0 spiro atoms. The summed E-state index contributed by atoms with van der Waals surface area (Å²) in [6.07, 6.45) is 2.29. The van der Waals surface area contributed by atoms with Gasteiger partial charge in [0.1, 0.15) is 11.1 Å². The number of nitriles is 1. The quantitative estimate of drug-likeness (QED) is 0.736. The second-order valence-corrected chi connectivity index (χ2v) is 7.07. The van der Waals surface area contributed by atoms with E-state index in [0.717, 1.165) is 29.8 Å². The third-order valence-electron chi connectivity index (χ3n) is 3.77. The molecule has 1 aromatic heterocycles. The molecule has 25 heavy (non-hydrogen) atoms. The molecule has 0 saturated heterocycles. The van der Waals surface area contributed by atoms with Gasteiger partial charge >= 0.3 is 0 Å². The lowest BCUT2D eigenvalue weighted by Gasteiger charge is -2.09. The Balaban J connectivity index is 1.92. The summed E-state index contributed by atoms with van der Waals surface area (Å²) in [5.41, 5.74) is 4.64. The number of carbonyl (C=O) groups excluding carboxylic acids is 1. The van der Waals surface area contributed by atoms with Crippen molar-refractivity contribution in [2.45, 2.75) is 45.1 Å². The predicted molar refractivity (Wildman–Crippen MR) is 103 cm³/mol. The molecule has 0 bridgehead atoms. The van der Waals surface area contributed by atoms with Crippen LogP contribution in [0.1, 0.15) is 42.1 Å². The van der Waals surface area contributed by atoms with Gasteiger partial charge in [-0.15, -0.1) is 11.8 Å². The van der Waals surface area contributed by atoms with Crippen LogP contribution in [-0.4, -0.2) is 16.6 Å². The second kappa shape index (κ2) is 9.24. The average molecular weight is 353 g/mol. The summed E-state index contributed by atoms with van der Waals surface area (Å²) in [6.45, 7) is 6.12. The minimum absolute atomic E-state index is 0.0253. The van der Waals surface area contributed by atoms with E-state index in [4.69, 9.17) is 0 Å². The van der Waals surface area contributed by atoms with Crippen LogP contribution in [0.5, 0.6) is 0 Å². The molecule has 2 aromatic rings. The summed E-state index contributed by atoms with van der Waals surface area (Å²) in [6, 6.07) is 11.9. The van der Waals surface area contributed by atoms with Gasteiger partial charge in [0.2, 0.25) is 5.91 Å². The number of benzene rings is 1. The Hall–Kier alpha value is -2.32. The van der Waals surface area contributed by atoms with Crippen LogP contribution in [0.15, 0.2) is 35.4 Å². The van der Waals surface area contributed by atoms with Crippen LogP contribution >= 0.6 is 11.8 Å². The average Bonchev–Trinajstić information content (AvgIpc) is 2.58. The fourth-order valence-electron chi connectivity index (χ4n) is 2.48. The van der Waals surface area contributed by atoms with E-state index in [1.54, 1.807) is 0 Å². The largest absolute Gasteiger partial charge is 0.326 e. The van der Waals surface area contributed by atoms with E-state index in [9.17, 15) is 10.1 Å². The highest BCUT2D eigenvalue weighted by atomic mass is 32.2. The third-order valence-corrected chi connectivity index (χ3v) is 4.76. The number of nitrogens with one attached hydrogen (secondary N) is 1. The number of pyridine rings is 1. The monoisotopic (exact) mass is 353 g/mol. The van der Waals surface area contributed by atoms with Crippen LogP contribution in [0.4, 0.5) is 5.69 Å². The molecule has 0 fully saturated rings. The van der Waals surface area contributed by atoms with Crippen molar-refractivity contribution < 1.29 is 4.79 Å². The highest BCUT2D eigenvalue weighted by molar-refractivity contribution is 7.99. The van der Waals surface area contributed by atoms with Crippen LogP contribution in [0.2, 0.25) is 0 Å². The van der Waals surface area contributed by atoms with Crippen molar-refractivity contribution >= 4 is 23.4 Å². The van der Waals surface area contributed by atoms with E-state index in [0.29, 0.717) is 22.8 Å². The Kier molecular flexibility index (Phi) is 7.03. The lowest BCUT2D eigenvalue weighted by molar-refractivity contribution is -0.115. The topological polar surface area (TPSA) is 65.8 Å². The molecule has 0 atom stereocenters. The number of amides is 1. The van der Waals surface area contributed by atoms with Crippen molar-refractivity contribution in [2.24, 2.45) is 0 Å². The zero-order valence-electron chi connectivity index (χ0n) is 14.9. The van der Waals surface area contributed by atoms with E-state index in [1.807, 2.05) is 44.2 Å². The van der Waals surface area contributed by atoms with Gasteiger partial charge in [0.05, 0.1) is 5.56 Å². The van der Waals surface area contributed by atoms with Crippen molar-refractivity contribution in [2.75, 3.05) is 11.1 Å². The lowest BCUT2D eigenvalue weighted by Crippen LogP contribution is -2.13. The summed E-state index contributed by atoms with van der Waals surface area (Å²) in [5, 5.41) is 12.9. The fourth-order valence-corrected chi connectivity index (χ4v) is 3.41. The van der Waals surface area contributed by atoms with Gasteiger partial charge < -0.3 is 5.32 Å². The molecule has 5 heteroatoms. The summed E-state index contributed by atoms with van der Waals surface area (Å²) in [4.78, 5) is 16.7. The molecule has 130 valence electrons. The fraction of sp³-hybridized carbons (Fsp3) is 0.350. The smallest absolute Gasteiger partial charge is 0.225 e. The maximum atomic E-state index is 12.2. The molecular formula is C20H23N3OS. The zero-order chi connectivity index (χ0) is 18.2. The van der Waals surface area contributed by atoms with Crippen molar-refractivity contribution in [1.82, 2.24) is 4.98 Å². The van der Waals surface area contributed by atoms with Crippen molar-refractivity contribution in [3.8, 4) is 6.07 Å².